The number of aromatic nitrogens is 2. The van der Waals surface area contributed by atoms with Gasteiger partial charge in [-0.25, -0.2) is 4.79 Å². The summed E-state index contributed by atoms with van der Waals surface area (Å²) in [7, 11) is 0. The fraction of sp³-hybridized carbons (Fsp3) is 0.0455. The molecule has 150 valence electrons. The number of hydrogen-bond acceptors (Lipinski definition) is 4. The summed E-state index contributed by atoms with van der Waals surface area (Å²) in [5.41, 5.74) is -0.236. The van der Waals surface area contributed by atoms with Gasteiger partial charge in [-0.3, -0.25) is 14.2 Å². The number of carbonyl (C=O) groups is 1. The molecule has 0 aliphatic rings. The van der Waals surface area contributed by atoms with Crippen LogP contribution in [0.25, 0.3) is 10.9 Å². The molecule has 1 amide bonds. The van der Waals surface area contributed by atoms with Crippen molar-refractivity contribution < 1.29 is 9.53 Å². The molecule has 7 nitrogen and oxygen atoms in total. The number of halogens is 1. The Hall–Kier alpha value is -3.84. The lowest BCUT2D eigenvalue weighted by atomic mass is 10.2. The molecule has 3 aromatic carbocycles. The van der Waals surface area contributed by atoms with Gasteiger partial charge in [-0.2, -0.15) is 0 Å². The first-order valence-corrected chi connectivity index (χ1v) is 9.43. The van der Waals surface area contributed by atoms with Crippen LogP contribution in [0.3, 0.4) is 0 Å². The lowest BCUT2D eigenvalue weighted by molar-refractivity contribution is -0.116. The van der Waals surface area contributed by atoms with Crippen molar-refractivity contribution >= 4 is 34.1 Å². The summed E-state index contributed by atoms with van der Waals surface area (Å²) >= 11 is 6.08. The van der Waals surface area contributed by atoms with Crippen LogP contribution in [0, 0.1) is 0 Å². The van der Waals surface area contributed by atoms with E-state index in [1.807, 2.05) is 6.07 Å². The minimum atomic E-state index is -0.641. The molecule has 0 atom stereocenters. The molecular weight excluding hydrogens is 406 g/mol. The Kier molecular flexibility index (Phi) is 5.36. The number of benzene rings is 3. The topological polar surface area (TPSA) is 93.2 Å². The molecule has 1 heterocycles. The molecule has 8 heteroatoms. The Morgan fingerprint density at radius 2 is 1.67 bits per heavy atom. The highest BCUT2D eigenvalue weighted by Gasteiger charge is 2.11. The van der Waals surface area contributed by atoms with Gasteiger partial charge in [-0.15, -0.1) is 0 Å². The average molecular weight is 422 g/mol. The van der Waals surface area contributed by atoms with Crippen LogP contribution in [0.1, 0.15) is 0 Å². The standard InChI is InChI=1S/C22H16ClN3O4/c23-17-6-2-4-8-19(17)30-15-11-9-14(10-12-15)24-20(27)13-26-21(28)16-5-1-3-7-18(16)25-22(26)29/h1-12H,13H2,(H,24,27)(H,25,29). The number of amides is 1. The molecule has 30 heavy (non-hydrogen) atoms. The van der Waals surface area contributed by atoms with Crippen LogP contribution < -0.4 is 21.3 Å². The second kappa shape index (κ2) is 8.26. The Balaban J connectivity index is 1.47. The molecule has 0 unspecified atom stereocenters. The number of carbonyl (C=O) groups excluding carboxylic acids is 1. The summed E-state index contributed by atoms with van der Waals surface area (Å²) < 4.78 is 6.57. The van der Waals surface area contributed by atoms with E-state index in [1.165, 1.54) is 0 Å². The van der Waals surface area contributed by atoms with Gasteiger partial charge in [0.1, 0.15) is 18.0 Å². The van der Waals surface area contributed by atoms with Gasteiger partial charge in [0, 0.05) is 5.69 Å². The number of H-pyrrole nitrogens is 1. The number of para-hydroxylation sites is 2. The summed E-state index contributed by atoms with van der Waals surface area (Å²) in [5, 5.41) is 3.49. The summed E-state index contributed by atoms with van der Waals surface area (Å²) in [6.07, 6.45) is 0. The number of ether oxygens (including phenoxy) is 1. The highest BCUT2D eigenvalue weighted by molar-refractivity contribution is 6.32. The monoisotopic (exact) mass is 421 g/mol. The average Bonchev–Trinajstić information content (AvgIpc) is 2.74. The zero-order valence-corrected chi connectivity index (χ0v) is 16.3. The Morgan fingerprint density at radius 1 is 0.967 bits per heavy atom. The van der Waals surface area contributed by atoms with E-state index < -0.39 is 23.7 Å². The quantitative estimate of drug-likeness (QED) is 0.513. The van der Waals surface area contributed by atoms with Crippen molar-refractivity contribution in [1.82, 2.24) is 9.55 Å². The lowest BCUT2D eigenvalue weighted by Gasteiger charge is -2.10. The van der Waals surface area contributed by atoms with Gasteiger partial charge in [-0.05, 0) is 48.5 Å². The van der Waals surface area contributed by atoms with Crippen LogP contribution in [-0.4, -0.2) is 15.5 Å². The zero-order chi connectivity index (χ0) is 21.1. The maximum absolute atomic E-state index is 12.5. The summed E-state index contributed by atoms with van der Waals surface area (Å²) in [6.45, 7) is -0.406. The summed E-state index contributed by atoms with van der Waals surface area (Å²) in [6, 6.07) is 20.4. The largest absolute Gasteiger partial charge is 0.456 e. The van der Waals surface area contributed by atoms with Crippen molar-refractivity contribution in [2.24, 2.45) is 0 Å². The van der Waals surface area contributed by atoms with Gasteiger partial charge in [0.25, 0.3) is 5.56 Å². The van der Waals surface area contributed by atoms with Gasteiger partial charge < -0.3 is 15.0 Å². The fourth-order valence-corrected chi connectivity index (χ4v) is 3.12. The smallest absolute Gasteiger partial charge is 0.329 e. The van der Waals surface area contributed by atoms with Gasteiger partial charge >= 0.3 is 5.69 Å². The summed E-state index contributed by atoms with van der Waals surface area (Å²) in [5.74, 6) is 0.562. The Morgan fingerprint density at radius 3 is 2.43 bits per heavy atom. The first-order chi connectivity index (χ1) is 14.5. The number of nitrogens with one attached hydrogen (secondary N) is 2. The number of aromatic amines is 1. The molecule has 0 saturated heterocycles. The molecule has 0 fully saturated rings. The first kappa shape index (κ1) is 19.5. The molecule has 1 aromatic heterocycles. The second-order valence-corrected chi connectivity index (χ2v) is 6.88. The van der Waals surface area contributed by atoms with Crippen molar-refractivity contribution in [1.29, 1.82) is 0 Å². The van der Waals surface area contributed by atoms with E-state index in [2.05, 4.69) is 10.3 Å². The minimum absolute atomic E-state index is 0.339. The number of hydrogen-bond donors (Lipinski definition) is 2. The molecule has 0 spiro atoms. The number of anilines is 1. The molecule has 0 radical (unpaired) electrons. The molecule has 0 aliphatic carbocycles. The minimum Gasteiger partial charge on any atom is -0.456 e. The van der Waals surface area contributed by atoms with Gasteiger partial charge in [0.2, 0.25) is 5.91 Å². The van der Waals surface area contributed by atoms with E-state index in [1.54, 1.807) is 66.7 Å². The van der Waals surface area contributed by atoms with Gasteiger partial charge in [-0.1, -0.05) is 35.9 Å². The van der Waals surface area contributed by atoms with Crippen LogP contribution in [0.2, 0.25) is 5.02 Å². The SMILES string of the molecule is O=C(Cn1c(=O)[nH]c2ccccc2c1=O)Nc1ccc(Oc2ccccc2Cl)cc1. The molecule has 4 aromatic rings. The van der Waals surface area contributed by atoms with Crippen LogP contribution in [0.15, 0.2) is 82.4 Å². The van der Waals surface area contributed by atoms with Crippen LogP contribution in [0.4, 0.5) is 5.69 Å². The zero-order valence-electron chi connectivity index (χ0n) is 15.6. The Labute approximate surface area is 175 Å². The summed E-state index contributed by atoms with van der Waals surface area (Å²) in [4.78, 5) is 39.7. The molecule has 0 saturated carbocycles. The molecule has 0 bridgehead atoms. The Bertz CT molecular complexity index is 1340. The van der Waals surface area contributed by atoms with Crippen molar-refractivity contribution in [3.8, 4) is 11.5 Å². The van der Waals surface area contributed by atoms with E-state index in [9.17, 15) is 14.4 Å². The lowest BCUT2D eigenvalue weighted by Crippen LogP contribution is -2.38. The molecular formula is C22H16ClN3O4. The molecule has 2 N–H and O–H groups in total. The van der Waals surface area contributed by atoms with Gasteiger partial charge in [0.05, 0.1) is 15.9 Å². The van der Waals surface area contributed by atoms with E-state index in [0.29, 0.717) is 33.1 Å². The maximum Gasteiger partial charge on any atom is 0.329 e. The third-order valence-electron chi connectivity index (χ3n) is 4.39. The second-order valence-electron chi connectivity index (χ2n) is 6.47. The van der Waals surface area contributed by atoms with Crippen LogP contribution in [0.5, 0.6) is 11.5 Å². The fourth-order valence-electron chi connectivity index (χ4n) is 2.95. The highest BCUT2D eigenvalue weighted by Crippen LogP contribution is 2.29. The van der Waals surface area contributed by atoms with Crippen molar-refractivity contribution in [2.75, 3.05) is 5.32 Å². The predicted molar refractivity (Wildman–Crippen MR) is 115 cm³/mol. The number of nitrogens with zero attached hydrogens (tertiary/aromatic N) is 1. The number of rotatable bonds is 5. The van der Waals surface area contributed by atoms with E-state index in [-0.39, 0.29) is 0 Å². The maximum atomic E-state index is 12.5. The number of fused-ring (bicyclic) bond motifs is 1. The van der Waals surface area contributed by atoms with Crippen molar-refractivity contribution in [3.63, 3.8) is 0 Å². The van der Waals surface area contributed by atoms with Crippen molar-refractivity contribution in [2.45, 2.75) is 6.54 Å². The molecule has 0 aliphatic heterocycles. The van der Waals surface area contributed by atoms with E-state index in [4.69, 9.17) is 16.3 Å². The first-order valence-electron chi connectivity index (χ1n) is 9.05. The van der Waals surface area contributed by atoms with E-state index >= 15 is 0 Å². The van der Waals surface area contributed by atoms with Crippen LogP contribution in [-0.2, 0) is 11.3 Å². The predicted octanol–water partition coefficient (Wildman–Crippen LogP) is 3.77. The molecule has 4 rings (SSSR count). The van der Waals surface area contributed by atoms with Gasteiger partial charge in [0.15, 0.2) is 0 Å². The highest BCUT2D eigenvalue weighted by atomic mass is 35.5. The normalized spacial score (nSPS) is 10.7. The third-order valence-corrected chi connectivity index (χ3v) is 4.71. The van der Waals surface area contributed by atoms with Crippen LogP contribution >= 0.6 is 11.6 Å². The van der Waals surface area contributed by atoms with Crippen molar-refractivity contribution in [3.05, 3.63) is 98.7 Å². The third kappa shape index (κ3) is 4.11. The van der Waals surface area contributed by atoms with E-state index in [0.717, 1.165) is 4.57 Å².